The van der Waals surface area contributed by atoms with Crippen LogP contribution in [0.4, 0.5) is 0 Å². The van der Waals surface area contributed by atoms with Crippen molar-refractivity contribution in [3.05, 3.63) is 48.3 Å². The van der Waals surface area contributed by atoms with E-state index in [-0.39, 0.29) is 5.91 Å². The van der Waals surface area contributed by atoms with Crippen LogP contribution in [0.3, 0.4) is 0 Å². The number of rotatable bonds is 4. The molecule has 5 heteroatoms. The lowest BCUT2D eigenvalue weighted by molar-refractivity contribution is 0.0705. The summed E-state index contributed by atoms with van der Waals surface area (Å²) in [7, 11) is 0. The quantitative estimate of drug-likeness (QED) is 0.703. The number of hydrogen-bond acceptors (Lipinski definition) is 3. The van der Waals surface area contributed by atoms with Gasteiger partial charge in [-0.3, -0.25) is 9.48 Å². The number of carbonyl (C=O) groups excluding carboxylic acids is 1. The van der Waals surface area contributed by atoms with Crippen LogP contribution in [0.2, 0.25) is 0 Å². The average Bonchev–Trinajstić information content (AvgIpc) is 3.44. The lowest BCUT2D eigenvalue weighted by Gasteiger charge is -2.27. The van der Waals surface area contributed by atoms with Gasteiger partial charge in [0.25, 0.3) is 5.91 Å². The molecule has 0 unspecified atom stereocenters. The molecule has 0 spiro atoms. The van der Waals surface area contributed by atoms with Crippen molar-refractivity contribution in [3.63, 3.8) is 0 Å². The molecule has 3 aromatic rings. The molecule has 2 aromatic heterocycles. The maximum absolute atomic E-state index is 13.4. The minimum atomic E-state index is 0.156. The van der Waals surface area contributed by atoms with Crippen LogP contribution < -0.4 is 0 Å². The van der Waals surface area contributed by atoms with Crippen molar-refractivity contribution in [2.24, 2.45) is 5.92 Å². The zero-order valence-corrected chi connectivity index (χ0v) is 15.6. The first-order valence-corrected chi connectivity index (χ1v) is 9.96. The van der Waals surface area contributed by atoms with Gasteiger partial charge >= 0.3 is 0 Å². The third-order valence-corrected chi connectivity index (χ3v) is 6.00. The minimum Gasteiger partial charge on any atom is -0.335 e. The Morgan fingerprint density at radius 2 is 2.15 bits per heavy atom. The maximum Gasteiger partial charge on any atom is 0.254 e. The van der Waals surface area contributed by atoms with E-state index in [2.05, 4.69) is 16.9 Å². The molecule has 1 aliphatic carbocycles. The highest BCUT2D eigenvalue weighted by molar-refractivity contribution is 6.07. The molecule has 2 aliphatic rings. The zero-order chi connectivity index (χ0) is 18.4. The number of carbonyl (C=O) groups is 1. The Hall–Kier alpha value is -2.69. The molecular weight excluding hydrogens is 336 g/mol. The Kier molecular flexibility index (Phi) is 3.96. The van der Waals surface area contributed by atoms with Crippen LogP contribution in [-0.2, 0) is 6.54 Å². The number of aryl methyl sites for hydroxylation is 1. The zero-order valence-electron chi connectivity index (χ0n) is 15.6. The van der Waals surface area contributed by atoms with Crippen molar-refractivity contribution in [3.8, 4) is 11.3 Å². The average molecular weight is 360 g/mol. The second kappa shape index (κ2) is 6.48. The van der Waals surface area contributed by atoms with Crippen LogP contribution in [0.25, 0.3) is 22.2 Å². The Balaban J connectivity index is 1.59. The molecule has 2 fully saturated rings. The van der Waals surface area contributed by atoms with E-state index in [1.807, 2.05) is 47.4 Å². The number of para-hydroxylation sites is 1. The number of likely N-dealkylation sites (tertiary alicyclic amines) is 1. The highest BCUT2D eigenvalue weighted by atomic mass is 16.2. The molecule has 5 nitrogen and oxygen atoms in total. The summed E-state index contributed by atoms with van der Waals surface area (Å²) in [5.74, 6) is 0.849. The van der Waals surface area contributed by atoms with Crippen molar-refractivity contribution < 1.29 is 4.79 Å². The topological polar surface area (TPSA) is 51.0 Å². The summed E-state index contributed by atoms with van der Waals surface area (Å²) in [6, 6.07) is 10.3. The van der Waals surface area contributed by atoms with Crippen LogP contribution in [0.1, 0.15) is 43.0 Å². The monoisotopic (exact) mass is 360 g/mol. The van der Waals surface area contributed by atoms with E-state index < -0.39 is 0 Å². The third-order valence-electron chi connectivity index (χ3n) is 6.00. The number of pyridine rings is 1. The predicted molar refractivity (Wildman–Crippen MR) is 105 cm³/mol. The van der Waals surface area contributed by atoms with Crippen LogP contribution in [0.5, 0.6) is 0 Å². The second-order valence-electron chi connectivity index (χ2n) is 7.85. The first kappa shape index (κ1) is 16.5. The molecule has 3 heterocycles. The Morgan fingerprint density at radius 1 is 1.26 bits per heavy atom. The van der Waals surface area contributed by atoms with E-state index in [0.717, 1.165) is 53.7 Å². The molecule has 2 atom stereocenters. The van der Waals surface area contributed by atoms with Gasteiger partial charge < -0.3 is 4.90 Å². The highest BCUT2D eigenvalue weighted by Crippen LogP contribution is 2.39. The fourth-order valence-electron chi connectivity index (χ4n) is 4.68. The summed E-state index contributed by atoms with van der Waals surface area (Å²) in [6.07, 6.45) is 8.49. The minimum absolute atomic E-state index is 0.156. The molecule has 27 heavy (non-hydrogen) atoms. The van der Waals surface area contributed by atoms with Crippen LogP contribution in [0.15, 0.2) is 42.7 Å². The van der Waals surface area contributed by atoms with Gasteiger partial charge in [0.2, 0.25) is 0 Å². The maximum atomic E-state index is 13.4. The normalized spacial score (nSPS) is 21.3. The van der Waals surface area contributed by atoms with Gasteiger partial charge in [0, 0.05) is 36.3 Å². The third kappa shape index (κ3) is 2.82. The van der Waals surface area contributed by atoms with E-state index >= 15 is 0 Å². The van der Waals surface area contributed by atoms with Crippen molar-refractivity contribution >= 4 is 16.8 Å². The summed E-state index contributed by atoms with van der Waals surface area (Å²) < 4.78 is 1.94. The molecule has 1 amide bonds. The first-order valence-electron chi connectivity index (χ1n) is 9.96. The number of amides is 1. The Bertz CT molecular complexity index is 1010. The van der Waals surface area contributed by atoms with Gasteiger partial charge in [-0.15, -0.1) is 0 Å². The second-order valence-corrected chi connectivity index (χ2v) is 7.85. The summed E-state index contributed by atoms with van der Waals surface area (Å²) in [5.41, 5.74) is 3.42. The molecule has 0 N–H and O–H groups in total. The van der Waals surface area contributed by atoms with Gasteiger partial charge in [-0.2, -0.15) is 5.10 Å². The molecule has 1 aromatic carbocycles. The van der Waals surface area contributed by atoms with Gasteiger partial charge in [-0.05, 0) is 43.7 Å². The molecule has 1 saturated heterocycles. The molecule has 138 valence electrons. The number of hydrogen-bond donors (Lipinski definition) is 0. The van der Waals surface area contributed by atoms with Gasteiger partial charge in [-0.25, -0.2) is 4.98 Å². The molecule has 5 rings (SSSR count). The Labute approximate surface area is 159 Å². The van der Waals surface area contributed by atoms with Crippen molar-refractivity contribution in [1.29, 1.82) is 0 Å². The lowest BCUT2D eigenvalue weighted by Crippen LogP contribution is -2.37. The van der Waals surface area contributed by atoms with E-state index in [4.69, 9.17) is 4.98 Å². The van der Waals surface area contributed by atoms with Gasteiger partial charge in [-0.1, -0.05) is 25.1 Å². The molecule has 1 aliphatic heterocycles. The van der Waals surface area contributed by atoms with Crippen molar-refractivity contribution in [1.82, 2.24) is 19.7 Å². The highest BCUT2D eigenvalue weighted by Gasteiger charge is 2.40. The van der Waals surface area contributed by atoms with E-state index in [9.17, 15) is 4.79 Å². The number of nitrogens with zero attached hydrogens (tertiary/aromatic N) is 4. The number of benzene rings is 1. The van der Waals surface area contributed by atoms with E-state index in [1.165, 1.54) is 12.8 Å². The fourth-order valence-corrected chi connectivity index (χ4v) is 4.68. The Morgan fingerprint density at radius 3 is 2.93 bits per heavy atom. The van der Waals surface area contributed by atoms with Gasteiger partial charge in [0.15, 0.2) is 0 Å². The van der Waals surface area contributed by atoms with E-state index in [0.29, 0.717) is 12.0 Å². The number of piperidine rings is 1. The molecule has 0 radical (unpaired) electrons. The van der Waals surface area contributed by atoms with Gasteiger partial charge in [0.05, 0.1) is 23.0 Å². The number of aromatic nitrogens is 3. The van der Waals surface area contributed by atoms with E-state index in [1.54, 1.807) is 0 Å². The van der Waals surface area contributed by atoms with Crippen molar-refractivity contribution in [2.75, 3.05) is 6.54 Å². The SMILES string of the molecule is CCCn1cc(-c2cc(C(=O)N3C[C@H]4CC[C@H]3C4)c3ccccc3n2)cn1. The summed E-state index contributed by atoms with van der Waals surface area (Å²) in [5, 5.41) is 5.37. The molecule has 1 saturated carbocycles. The van der Waals surface area contributed by atoms with Gasteiger partial charge in [0.1, 0.15) is 0 Å². The summed E-state index contributed by atoms with van der Waals surface area (Å²) in [4.78, 5) is 20.3. The first-order chi connectivity index (χ1) is 13.2. The largest absolute Gasteiger partial charge is 0.335 e. The van der Waals surface area contributed by atoms with Crippen LogP contribution >= 0.6 is 0 Å². The summed E-state index contributed by atoms with van der Waals surface area (Å²) >= 11 is 0. The fraction of sp³-hybridized carbons (Fsp3) is 0.409. The molecule has 2 bridgehead atoms. The summed E-state index contributed by atoms with van der Waals surface area (Å²) in [6.45, 7) is 3.93. The standard InChI is InChI=1S/C22H24N4O/c1-2-9-25-14-16(12-23-25)21-11-19(18-5-3-4-6-20(18)24-21)22(27)26-13-15-7-8-17(26)10-15/h3-6,11-12,14-15,17H,2,7-10,13H2,1H3/t15-,17-/m0/s1. The lowest BCUT2D eigenvalue weighted by atomic mass is 10.0. The molecular formula is C22H24N4O. The van der Waals surface area contributed by atoms with Crippen LogP contribution in [0, 0.1) is 5.92 Å². The smallest absolute Gasteiger partial charge is 0.254 e. The van der Waals surface area contributed by atoms with Crippen molar-refractivity contribution in [2.45, 2.75) is 45.2 Å². The number of fused-ring (bicyclic) bond motifs is 3. The predicted octanol–water partition coefficient (Wildman–Crippen LogP) is 4.13. The van der Waals surface area contributed by atoms with Crippen LogP contribution in [-0.4, -0.2) is 38.2 Å².